The van der Waals surface area contributed by atoms with Gasteiger partial charge in [-0.2, -0.15) is 0 Å². The smallest absolute Gasteiger partial charge is 0.0175 e. The molecule has 1 heterocycles. The van der Waals surface area contributed by atoms with Crippen LogP contribution in [0.5, 0.6) is 0 Å². The van der Waals surface area contributed by atoms with Gasteiger partial charge in [-0.05, 0) is 74.0 Å². The minimum Gasteiger partial charge on any atom is -0.375 e. The van der Waals surface area contributed by atoms with Crippen LogP contribution in [-0.2, 0) is 0 Å². The van der Waals surface area contributed by atoms with Crippen molar-refractivity contribution in [3.05, 3.63) is 11.8 Å². The summed E-state index contributed by atoms with van der Waals surface area (Å²) in [5.41, 5.74) is 2.66. The second-order valence-electron chi connectivity index (χ2n) is 7.49. The van der Waals surface area contributed by atoms with Crippen molar-refractivity contribution in [3.63, 3.8) is 0 Å². The zero-order valence-electron chi connectivity index (χ0n) is 10.7. The quantitative estimate of drug-likeness (QED) is 0.666. The van der Waals surface area contributed by atoms with Gasteiger partial charge in [0.25, 0.3) is 0 Å². The van der Waals surface area contributed by atoms with Crippen molar-refractivity contribution in [2.24, 2.45) is 29.1 Å². The molecule has 0 amide bonds. The summed E-state index contributed by atoms with van der Waals surface area (Å²) in [5.74, 6) is 4.20. The van der Waals surface area contributed by atoms with Gasteiger partial charge in [-0.1, -0.05) is 6.08 Å². The van der Waals surface area contributed by atoms with E-state index in [0.29, 0.717) is 0 Å². The first-order chi connectivity index (χ1) is 8.35. The van der Waals surface area contributed by atoms with E-state index in [1.165, 1.54) is 25.9 Å². The normalized spacial score (nSPS) is 54.6. The Bertz CT molecular complexity index is 392. The lowest BCUT2D eigenvalue weighted by Crippen LogP contribution is -2.41. The molecule has 1 heteroatoms. The van der Waals surface area contributed by atoms with E-state index < -0.39 is 0 Å². The highest BCUT2D eigenvalue weighted by molar-refractivity contribution is 5.25. The maximum Gasteiger partial charge on any atom is 0.0175 e. The van der Waals surface area contributed by atoms with Gasteiger partial charge in [0.15, 0.2) is 0 Å². The number of likely N-dealkylation sites (tertiary alicyclic amines) is 1. The zero-order valence-corrected chi connectivity index (χ0v) is 10.7. The van der Waals surface area contributed by atoms with E-state index in [0.717, 1.165) is 29.1 Å². The van der Waals surface area contributed by atoms with Crippen LogP contribution >= 0.6 is 0 Å². The van der Waals surface area contributed by atoms with Crippen molar-refractivity contribution in [3.8, 4) is 0 Å². The number of hydrogen-bond acceptors (Lipinski definition) is 1. The Labute approximate surface area is 104 Å². The lowest BCUT2D eigenvalue weighted by Gasteiger charge is -2.48. The van der Waals surface area contributed by atoms with Gasteiger partial charge in [0.05, 0.1) is 0 Å². The Morgan fingerprint density at radius 1 is 1.00 bits per heavy atom. The molecule has 4 aliphatic carbocycles. The van der Waals surface area contributed by atoms with Crippen LogP contribution in [0.2, 0.25) is 0 Å². The van der Waals surface area contributed by atoms with Gasteiger partial charge in [0, 0.05) is 18.8 Å². The summed E-state index contributed by atoms with van der Waals surface area (Å²) >= 11 is 0. The first-order valence-electron chi connectivity index (χ1n) is 7.82. The Morgan fingerprint density at radius 2 is 1.82 bits per heavy atom. The van der Waals surface area contributed by atoms with Gasteiger partial charge in [-0.3, -0.25) is 0 Å². The molecule has 17 heavy (non-hydrogen) atoms. The fraction of sp³-hybridized carbons (Fsp3) is 0.875. The molecular formula is C16H23N. The molecule has 1 spiro atoms. The van der Waals surface area contributed by atoms with Crippen molar-refractivity contribution in [2.45, 2.75) is 44.9 Å². The monoisotopic (exact) mass is 229 g/mol. The average molecular weight is 229 g/mol. The van der Waals surface area contributed by atoms with Gasteiger partial charge in [0.2, 0.25) is 0 Å². The van der Waals surface area contributed by atoms with E-state index in [-0.39, 0.29) is 0 Å². The van der Waals surface area contributed by atoms with Crippen LogP contribution in [0.3, 0.4) is 0 Å². The fourth-order valence-electron chi connectivity index (χ4n) is 6.29. The highest BCUT2D eigenvalue weighted by atomic mass is 15.2. The predicted octanol–water partition coefficient (Wildman–Crippen LogP) is 3.42. The number of hydrogen-bond donors (Lipinski definition) is 0. The maximum atomic E-state index is 2.75. The van der Waals surface area contributed by atoms with Crippen LogP contribution in [0.15, 0.2) is 11.8 Å². The number of fused-ring (bicyclic) bond motifs is 2. The van der Waals surface area contributed by atoms with Gasteiger partial charge in [-0.15, -0.1) is 0 Å². The van der Waals surface area contributed by atoms with E-state index in [1.54, 1.807) is 37.8 Å². The summed E-state index contributed by atoms with van der Waals surface area (Å²) in [6.07, 6.45) is 13.4. The molecule has 3 saturated carbocycles. The second kappa shape index (κ2) is 2.92. The van der Waals surface area contributed by atoms with Crippen LogP contribution in [0.25, 0.3) is 0 Å². The first kappa shape index (κ1) is 9.47. The zero-order chi connectivity index (χ0) is 11.0. The van der Waals surface area contributed by atoms with E-state index in [1.807, 2.05) is 0 Å². The van der Waals surface area contributed by atoms with E-state index >= 15 is 0 Å². The Hall–Kier alpha value is -0.460. The van der Waals surface area contributed by atoms with Crippen LogP contribution in [0.1, 0.15) is 44.9 Å². The van der Waals surface area contributed by atoms with Crippen molar-refractivity contribution in [2.75, 3.05) is 13.1 Å². The molecule has 5 rings (SSSR count). The summed E-state index contributed by atoms with van der Waals surface area (Å²) in [7, 11) is 0. The van der Waals surface area contributed by atoms with E-state index in [2.05, 4.69) is 11.0 Å². The topological polar surface area (TPSA) is 3.24 Å². The standard InChI is InChI=1S/C16H23N/c1-2-4-17(3-1)15-6-11-5-13-8-14-7-12(15)10-16(13,14)9-11/h6,11-14H,1-5,7-10H2. The van der Waals surface area contributed by atoms with Crippen molar-refractivity contribution in [1.82, 2.24) is 4.90 Å². The van der Waals surface area contributed by atoms with Crippen molar-refractivity contribution >= 4 is 0 Å². The van der Waals surface area contributed by atoms with Gasteiger partial charge < -0.3 is 4.90 Å². The van der Waals surface area contributed by atoms with Crippen LogP contribution in [-0.4, -0.2) is 18.0 Å². The molecular weight excluding hydrogens is 206 g/mol. The summed E-state index contributed by atoms with van der Waals surface area (Å²) < 4.78 is 0. The highest BCUT2D eigenvalue weighted by Gasteiger charge is 2.64. The lowest BCUT2D eigenvalue weighted by atomic mass is 9.56. The number of rotatable bonds is 1. The third kappa shape index (κ3) is 1.03. The highest BCUT2D eigenvalue weighted by Crippen LogP contribution is 2.73. The van der Waals surface area contributed by atoms with Crippen LogP contribution < -0.4 is 0 Å². The largest absolute Gasteiger partial charge is 0.375 e. The molecule has 1 nitrogen and oxygen atoms in total. The Balaban J connectivity index is 1.56. The molecule has 4 fully saturated rings. The van der Waals surface area contributed by atoms with Crippen LogP contribution in [0.4, 0.5) is 0 Å². The molecule has 5 aliphatic rings. The molecule has 0 aromatic heterocycles. The third-order valence-electron chi connectivity index (χ3n) is 6.92. The van der Waals surface area contributed by atoms with E-state index in [4.69, 9.17) is 0 Å². The predicted molar refractivity (Wildman–Crippen MR) is 68.4 cm³/mol. The average Bonchev–Trinajstić information content (AvgIpc) is 2.96. The maximum absolute atomic E-state index is 2.75. The molecule has 0 N–H and O–H groups in total. The molecule has 0 radical (unpaired) electrons. The molecule has 0 aromatic rings. The Kier molecular flexibility index (Phi) is 1.63. The summed E-state index contributed by atoms with van der Waals surface area (Å²) in [6.45, 7) is 2.71. The summed E-state index contributed by atoms with van der Waals surface area (Å²) in [6, 6.07) is 0. The lowest BCUT2D eigenvalue weighted by molar-refractivity contribution is 0.00284. The summed E-state index contributed by atoms with van der Waals surface area (Å²) in [5, 5.41) is 0. The number of nitrogens with zero attached hydrogens (tertiary/aromatic N) is 1. The fourth-order valence-corrected chi connectivity index (χ4v) is 6.29. The SMILES string of the molecule is C1=C(N2CCCC2)C2CC3CC4CC1CC43C2. The van der Waals surface area contributed by atoms with Crippen molar-refractivity contribution in [1.29, 1.82) is 0 Å². The minimum absolute atomic E-state index is 0.854. The molecule has 0 aromatic carbocycles. The number of allylic oxidation sites excluding steroid dienone is 2. The second-order valence-corrected chi connectivity index (χ2v) is 7.49. The van der Waals surface area contributed by atoms with Crippen molar-refractivity contribution < 1.29 is 0 Å². The molecule has 5 unspecified atom stereocenters. The molecule has 3 bridgehead atoms. The van der Waals surface area contributed by atoms with Gasteiger partial charge >= 0.3 is 0 Å². The van der Waals surface area contributed by atoms with Gasteiger partial charge in [-0.25, -0.2) is 0 Å². The van der Waals surface area contributed by atoms with E-state index in [9.17, 15) is 0 Å². The molecule has 1 aliphatic heterocycles. The molecule has 5 atom stereocenters. The minimum atomic E-state index is 0.854. The summed E-state index contributed by atoms with van der Waals surface area (Å²) in [4.78, 5) is 2.75. The first-order valence-corrected chi connectivity index (χ1v) is 7.82. The van der Waals surface area contributed by atoms with Gasteiger partial charge in [0.1, 0.15) is 0 Å². The third-order valence-corrected chi connectivity index (χ3v) is 6.92. The Morgan fingerprint density at radius 3 is 2.71 bits per heavy atom. The molecule has 1 saturated heterocycles. The van der Waals surface area contributed by atoms with Crippen LogP contribution in [0, 0.1) is 29.1 Å². The molecule has 92 valence electrons.